The van der Waals surface area contributed by atoms with Gasteiger partial charge in [-0.2, -0.15) is 5.10 Å². The Morgan fingerprint density at radius 1 is 1.56 bits per heavy atom. The van der Waals surface area contributed by atoms with Crippen molar-refractivity contribution in [1.82, 2.24) is 25.4 Å². The van der Waals surface area contributed by atoms with Crippen molar-refractivity contribution in [3.05, 3.63) is 12.2 Å². The molecule has 2 fully saturated rings. The van der Waals surface area contributed by atoms with Crippen molar-refractivity contribution in [1.29, 1.82) is 0 Å². The van der Waals surface area contributed by atoms with Gasteiger partial charge in [-0.1, -0.05) is 0 Å². The molecule has 0 radical (unpaired) electrons. The zero-order chi connectivity index (χ0) is 11.0. The molecule has 1 aliphatic heterocycles. The summed E-state index contributed by atoms with van der Waals surface area (Å²) < 4.78 is 0. The van der Waals surface area contributed by atoms with Gasteiger partial charge in [0.1, 0.15) is 12.2 Å². The van der Waals surface area contributed by atoms with Crippen molar-refractivity contribution < 1.29 is 0 Å². The standard InChI is InChI=1S/C11H19N5/c1-8-4-9(6-16(8)10-2-3-10)12-5-11-13-7-14-15-11/h7-10,12H,2-6H2,1H3,(H,13,14,15). The molecule has 5 heteroatoms. The van der Waals surface area contributed by atoms with Crippen LogP contribution in [-0.2, 0) is 6.54 Å². The number of hydrogen-bond acceptors (Lipinski definition) is 4. The summed E-state index contributed by atoms with van der Waals surface area (Å²) in [5.41, 5.74) is 0. The second-order valence-corrected chi connectivity index (χ2v) is 5.02. The van der Waals surface area contributed by atoms with Crippen molar-refractivity contribution in [2.24, 2.45) is 0 Å². The van der Waals surface area contributed by atoms with Gasteiger partial charge in [0.15, 0.2) is 0 Å². The third kappa shape index (κ3) is 2.10. The van der Waals surface area contributed by atoms with Crippen molar-refractivity contribution in [3.8, 4) is 0 Å². The minimum atomic E-state index is 0.612. The van der Waals surface area contributed by atoms with E-state index in [1.54, 1.807) is 6.33 Å². The first-order chi connectivity index (χ1) is 7.83. The SMILES string of the molecule is CC1CC(NCc2ncn[nH]2)CN1C1CC1. The zero-order valence-corrected chi connectivity index (χ0v) is 9.69. The van der Waals surface area contributed by atoms with Gasteiger partial charge < -0.3 is 5.32 Å². The van der Waals surface area contributed by atoms with Crippen LogP contribution in [0.2, 0.25) is 0 Å². The van der Waals surface area contributed by atoms with Crippen LogP contribution in [0, 0.1) is 0 Å². The molecule has 2 aliphatic rings. The second-order valence-electron chi connectivity index (χ2n) is 5.02. The van der Waals surface area contributed by atoms with E-state index in [-0.39, 0.29) is 0 Å². The summed E-state index contributed by atoms with van der Waals surface area (Å²) in [6.45, 7) is 4.34. The maximum absolute atomic E-state index is 4.12. The number of nitrogens with zero attached hydrogens (tertiary/aromatic N) is 3. The Balaban J connectivity index is 1.49. The number of aromatic nitrogens is 3. The lowest BCUT2D eigenvalue weighted by molar-refractivity contribution is 0.255. The van der Waals surface area contributed by atoms with Gasteiger partial charge in [-0.15, -0.1) is 0 Å². The van der Waals surface area contributed by atoms with Crippen LogP contribution in [-0.4, -0.2) is 44.8 Å². The molecule has 2 unspecified atom stereocenters. The van der Waals surface area contributed by atoms with Crippen molar-refractivity contribution in [3.63, 3.8) is 0 Å². The molecule has 2 N–H and O–H groups in total. The molecule has 0 aromatic carbocycles. The summed E-state index contributed by atoms with van der Waals surface area (Å²) in [4.78, 5) is 6.77. The van der Waals surface area contributed by atoms with E-state index in [2.05, 4.69) is 32.3 Å². The van der Waals surface area contributed by atoms with Gasteiger partial charge in [-0.3, -0.25) is 10.00 Å². The Morgan fingerprint density at radius 3 is 3.12 bits per heavy atom. The maximum Gasteiger partial charge on any atom is 0.138 e. The number of hydrogen-bond donors (Lipinski definition) is 2. The summed E-state index contributed by atoms with van der Waals surface area (Å²) in [5, 5.41) is 10.3. The highest BCUT2D eigenvalue weighted by atomic mass is 15.3. The molecule has 16 heavy (non-hydrogen) atoms. The van der Waals surface area contributed by atoms with Crippen LogP contribution in [0.4, 0.5) is 0 Å². The number of nitrogens with one attached hydrogen (secondary N) is 2. The molecule has 1 aliphatic carbocycles. The first kappa shape index (κ1) is 10.2. The van der Waals surface area contributed by atoms with Crippen LogP contribution in [0.1, 0.15) is 32.0 Å². The maximum atomic E-state index is 4.12. The van der Waals surface area contributed by atoms with Crippen LogP contribution in [0.25, 0.3) is 0 Å². The van der Waals surface area contributed by atoms with Gasteiger partial charge in [0.05, 0.1) is 6.54 Å². The van der Waals surface area contributed by atoms with E-state index in [4.69, 9.17) is 0 Å². The fraction of sp³-hybridized carbons (Fsp3) is 0.818. The van der Waals surface area contributed by atoms with Crippen LogP contribution < -0.4 is 5.32 Å². The van der Waals surface area contributed by atoms with Crippen LogP contribution in [0.5, 0.6) is 0 Å². The van der Waals surface area contributed by atoms with Gasteiger partial charge in [-0.25, -0.2) is 4.98 Å². The third-order valence-electron chi connectivity index (χ3n) is 3.66. The molecule has 1 aromatic rings. The summed E-state index contributed by atoms with van der Waals surface area (Å²) >= 11 is 0. The van der Waals surface area contributed by atoms with Crippen LogP contribution in [0.3, 0.4) is 0 Å². The van der Waals surface area contributed by atoms with Crippen LogP contribution in [0.15, 0.2) is 6.33 Å². The number of aromatic amines is 1. The predicted molar refractivity (Wildman–Crippen MR) is 60.8 cm³/mol. The number of likely N-dealkylation sites (tertiary alicyclic amines) is 1. The first-order valence-electron chi connectivity index (χ1n) is 6.16. The lowest BCUT2D eigenvalue weighted by Crippen LogP contribution is -2.34. The Morgan fingerprint density at radius 2 is 2.44 bits per heavy atom. The lowest BCUT2D eigenvalue weighted by atomic mass is 10.2. The van der Waals surface area contributed by atoms with Crippen molar-refractivity contribution in [2.75, 3.05) is 6.54 Å². The molecule has 1 aromatic heterocycles. The fourth-order valence-corrected chi connectivity index (χ4v) is 2.68. The largest absolute Gasteiger partial charge is 0.306 e. The lowest BCUT2D eigenvalue weighted by Gasteiger charge is -2.19. The fourth-order valence-electron chi connectivity index (χ4n) is 2.68. The molecule has 0 amide bonds. The Kier molecular flexibility index (Phi) is 2.65. The highest BCUT2D eigenvalue weighted by Crippen LogP contribution is 2.33. The van der Waals surface area contributed by atoms with E-state index in [1.165, 1.54) is 25.8 Å². The summed E-state index contributed by atoms with van der Waals surface area (Å²) in [6, 6.07) is 2.23. The average Bonchev–Trinajstić information content (AvgIpc) is 2.85. The predicted octanol–water partition coefficient (Wildman–Crippen LogP) is 0.519. The summed E-state index contributed by atoms with van der Waals surface area (Å²) in [7, 11) is 0. The molecule has 3 rings (SSSR count). The van der Waals surface area contributed by atoms with E-state index in [0.717, 1.165) is 24.5 Å². The second kappa shape index (κ2) is 4.14. The van der Waals surface area contributed by atoms with E-state index in [0.29, 0.717) is 6.04 Å². The van der Waals surface area contributed by atoms with E-state index in [1.807, 2.05) is 0 Å². The quantitative estimate of drug-likeness (QED) is 0.778. The molecule has 2 heterocycles. The molecule has 0 spiro atoms. The molecule has 5 nitrogen and oxygen atoms in total. The van der Waals surface area contributed by atoms with E-state index in [9.17, 15) is 0 Å². The Hall–Kier alpha value is -0.940. The van der Waals surface area contributed by atoms with Crippen molar-refractivity contribution in [2.45, 2.75) is 50.9 Å². The average molecular weight is 221 g/mol. The Bertz CT molecular complexity index is 332. The van der Waals surface area contributed by atoms with E-state index >= 15 is 0 Å². The highest BCUT2D eigenvalue weighted by molar-refractivity contribution is 4.96. The molecular weight excluding hydrogens is 202 g/mol. The Labute approximate surface area is 95.6 Å². The van der Waals surface area contributed by atoms with Gasteiger partial charge in [0.25, 0.3) is 0 Å². The van der Waals surface area contributed by atoms with Gasteiger partial charge in [0, 0.05) is 24.7 Å². The zero-order valence-electron chi connectivity index (χ0n) is 9.69. The first-order valence-corrected chi connectivity index (χ1v) is 6.16. The molecule has 1 saturated carbocycles. The number of rotatable bonds is 4. The number of H-pyrrole nitrogens is 1. The van der Waals surface area contributed by atoms with Crippen LogP contribution >= 0.6 is 0 Å². The van der Waals surface area contributed by atoms with Gasteiger partial charge in [-0.05, 0) is 26.2 Å². The molecule has 0 bridgehead atoms. The monoisotopic (exact) mass is 221 g/mol. The molecular formula is C11H19N5. The topological polar surface area (TPSA) is 56.8 Å². The summed E-state index contributed by atoms with van der Waals surface area (Å²) in [5.74, 6) is 0.928. The minimum Gasteiger partial charge on any atom is -0.306 e. The molecule has 2 atom stereocenters. The van der Waals surface area contributed by atoms with E-state index < -0.39 is 0 Å². The molecule has 1 saturated heterocycles. The van der Waals surface area contributed by atoms with Gasteiger partial charge in [0.2, 0.25) is 0 Å². The molecule has 88 valence electrons. The van der Waals surface area contributed by atoms with Crippen molar-refractivity contribution >= 4 is 0 Å². The summed E-state index contributed by atoms with van der Waals surface area (Å²) in [6.07, 6.45) is 5.62. The minimum absolute atomic E-state index is 0.612. The highest BCUT2D eigenvalue weighted by Gasteiger charge is 2.38. The smallest absolute Gasteiger partial charge is 0.138 e. The van der Waals surface area contributed by atoms with Gasteiger partial charge >= 0.3 is 0 Å². The third-order valence-corrected chi connectivity index (χ3v) is 3.66. The normalized spacial score (nSPS) is 31.1.